The van der Waals surface area contributed by atoms with E-state index >= 15 is 0 Å². The summed E-state index contributed by atoms with van der Waals surface area (Å²) in [5.41, 5.74) is 5.23. The van der Waals surface area contributed by atoms with Gasteiger partial charge in [-0.15, -0.1) is 0 Å². The quantitative estimate of drug-likeness (QED) is 0.264. The van der Waals surface area contributed by atoms with Crippen LogP contribution in [0.3, 0.4) is 0 Å². The molecule has 0 radical (unpaired) electrons. The van der Waals surface area contributed by atoms with Crippen LogP contribution in [-0.2, 0) is 9.53 Å². The lowest BCUT2D eigenvalue weighted by molar-refractivity contribution is -0.139. The van der Waals surface area contributed by atoms with Gasteiger partial charge in [0.2, 0.25) is 17.8 Å². The van der Waals surface area contributed by atoms with Crippen LogP contribution in [0.25, 0.3) is 0 Å². The van der Waals surface area contributed by atoms with Gasteiger partial charge in [0.15, 0.2) is 18.1 Å². The number of hydrogen-bond donors (Lipinski definition) is 3. The van der Waals surface area contributed by atoms with Crippen LogP contribution in [0.2, 0.25) is 5.02 Å². The summed E-state index contributed by atoms with van der Waals surface area (Å²) in [4.78, 5) is 26.3. The molecule has 1 aliphatic rings. The Morgan fingerprint density at radius 1 is 1.16 bits per heavy atom. The van der Waals surface area contributed by atoms with Gasteiger partial charge in [0.05, 0.1) is 26.5 Å². The molecule has 1 saturated heterocycles. The van der Waals surface area contributed by atoms with Crippen LogP contribution in [0.15, 0.2) is 41.5 Å². The summed E-state index contributed by atoms with van der Waals surface area (Å²) in [6.07, 6.45) is 1.55. The van der Waals surface area contributed by atoms with E-state index in [4.69, 9.17) is 30.9 Å². The van der Waals surface area contributed by atoms with Gasteiger partial charge in [-0.05, 0) is 48.4 Å². The van der Waals surface area contributed by atoms with Crippen molar-refractivity contribution in [2.45, 2.75) is 6.92 Å². The van der Waals surface area contributed by atoms with Crippen molar-refractivity contribution in [3.05, 3.63) is 52.5 Å². The molecule has 13 heteroatoms. The van der Waals surface area contributed by atoms with Gasteiger partial charge in [-0.1, -0.05) is 17.7 Å². The van der Waals surface area contributed by atoms with E-state index in [1.807, 2.05) is 24.0 Å². The van der Waals surface area contributed by atoms with Gasteiger partial charge < -0.3 is 29.5 Å². The predicted octanol–water partition coefficient (Wildman–Crippen LogP) is 3.33. The molecule has 0 unspecified atom stereocenters. The predicted molar refractivity (Wildman–Crippen MR) is 140 cm³/mol. The second-order valence-electron chi connectivity index (χ2n) is 7.93. The molecule has 0 bridgehead atoms. The minimum atomic E-state index is -1.08. The highest BCUT2D eigenvalue weighted by Gasteiger charge is 2.17. The molecule has 0 aliphatic carbocycles. The lowest BCUT2D eigenvalue weighted by atomic mass is 10.2. The number of hydrogen-bond acceptors (Lipinski definition) is 11. The molecule has 2 heterocycles. The van der Waals surface area contributed by atoms with E-state index in [1.165, 1.54) is 7.11 Å². The summed E-state index contributed by atoms with van der Waals surface area (Å²) in [6.45, 7) is 3.92. The molecule has 0 saturated carbocycles. The monoisotopic (exact) mass is 527 g/mol. The van der Waals surface area contributed by atoms with Crippen LogP contribution in [0, 0.1) is 6.92 Å². The number of methoxy groups -OCH3 is 1. The van der Waals surface area contributed by atoms with Gasteiger partial charge in [0.1, 0.15) is 0 Å². The first kappa shape index (κ1) is 25.9. The van der Waals surface area contributed by atoms with E-state index in [1.54, 1.807) is 30.5 Å². The third-order valence-corrected chi connectivity index (χ3v) is 5.67. The zero-order valence-electron chi connectivity index (χ0n) is 20.3. The fourth-order valence-corrected chi connectivity index (χ4v) is 3.54. The van der Waals surface area contributed by atoms with Crippen molar-refractivity contribution in [3.63, 3.8) is 0 Å². The number of anilines is 4. The van der Waals surface area contributed by atoms with Gasteiger partial charge in [-0.2, -0.15) is 20.1 Å². The molecule has 1 aromatic heterocycles. The highest BCUT2D eigenvalue weighted by atomic mass is 35.5. The average Bonchev–Trinajstić information content (AvgIpc) is 2.90. The number of aryl methyl sites for hydroxylation is 1. The summed E-state index contributed by atoms with van der Waals surface area (Å²) in [7, 11) is 1.47. The Kier molecular flexibility index (Phi) is 8.54. The van der Waals surface area contributed by atoms with E-state index in [2.05, 4.69) is 30.8 Å². The molecule has 1 fully saturated rings. The Bertz CT molecular complexity index is 1280. The number of benzene rings is 2. The van der Waals surface area contributed by atoms with Crippen LogP contribution in [-0.4, -0.2) is 72.3 Å². The maximum Gasteiger partial charge on any atom is 0.341 e. The Hall–Kier alpha value is -4.16. The number of morpholine rings is 1. The number of carboxylic acids is 1. The molecule has 0 atom stereocenters. The van der Waals surface area contributed by atoms with Gasteiger partial charge in [-0.25, -0.2) is 10.2 Å². The number of nitrogens with zero attached hydrogens (tertiary/aromatic N) is 5. The second kappa shape index (κ2) is 12.2. The van der Waals surface area contributed by atoms with Crippen molar-refractivity contribution in [3.8, 4) is 11.5 Å². The Morgan fingerprint density at radius 2 is 1.95 bits per heavy atom. The van der Waals surface area contributed by atoms with Crippen molar-refractivity contribution in [2.75, 3.05) is 55.7 Å². The van der Waals surface area contributed by atoms with E-state index in [0.717, 1.165) is 11.3 Å². The number of aliphatic carboxylic acids is 1. The van der Waals surface area contributed by atoms with Crippen molar-refractivity contribution in [1.82, 2.24) is 15.0 Å². The molecule has 194 valence electrons. The molecule has 3 N–H and O–H groups in total. The number of carboxylic acid groups (broad SMARTS) is 1. The maximum atomic E-state index is 10.8. The lowest BCUT2D eigenvalue weighted by Gasteiger charge is -2.27. The number of hydrazone groups is 1. The number of halogens is 1. The minimum Gasteiger partial charge on any atom is -0.493 e. The van der Waals surface area contributed by atoms with Crippen molar-refractivity contribution < 1.29 is 24.1 Å². The van der Waals surface area contributed by atoms with Crippen LogP contribution in [0.5, 0.6) is 11.5 Å². The smallest absolute Gasteiger partial charge is 0.341 e. The van der Waals surface area contributed by atoms with Gasteiger partial charge in [-0.3, -0.25) is 0 Å². The number of nitrogens with one attached hydrogen (secondary N) is 2. The summed E-state index contributed by atoms with van der Waals surface area (Å²) in [5.74, 6) is 0.665. The number of rotatable bonds is 10. The van der Waals surface area contributed by atoms with Crippen LogP contribution in [0.4, 0.5) is 23.5 Å². The summed E-state index contributed by atoms with van der Waals surface area (Å²) >= 11 is 6.26. The first-order valence-electron chi connectivity index (χ1n) is 11.3. The minimum absolute atomic E-state index is 0.238. The first-order valence-corrected chi connectivity index (χ1v) is 11.7. The largest absolute Gasteiger partial charge is 0.493 e. The van der Waals surface area contributed by atoms with Crippen molar-refractivity contribution in [1.29, 1.82) is 0 Å². The maximum absolute atomic E-state index is 10.8. The van der Waals surface area contributed by atoms with Crippen LogP contribution >= 0.6 is 11.6 Å². The van der Waals surface area contributed by atoms with Gasteiger partial charge in [0.25, 0.3) is 0 Å². The lowest BCUT2D eigenvalue weighted by Crippen LogP contribution is -2.37. The molecule has 0 amide bonds. The summed E-state index contributed by atoms with van der Waals surface area (Å²) in [6, 6.07) is 10.6. The molecule has 12 nitrogen and oxygen atoms in total. The normalized spacial score (nSPS) is 13.4. The standard InChI is InChI=1S/C24H26ClN7O5/c1-15-3-5-17(12-18(15)25)27-22-28-23(30-24(29-22)32-7-9-36-10-8-32)31-26-13-16-4-6-19(20(11-16)35-2)37-14-21(33)34/h3-6,11-13H,7-10,14H2,1-2H3,(H,33,34)(H2,27,28,29,30,31)/b26-13+. The van der Waals surface area contributed by atoms with E-state index in [-0.39, 0.29) is 5.95 Å². The molecular formula is C24H26ClN7O5. The topological polar surface area (TPSA) is 143 Å². The molecular weight excluding hydrogens is 502 g/mol. The van der Waals surface area contributed by atoms with E-state index < -0.39 is 12.6 Å². The first-order chi connectivity index (χ1) is 17.9. The summed E-state index contributed by atoms with van der Waals surface area (Å²) in [5, 5.41) is 16.9. The number of ether oxygens (including phenoxy) is 3. The zero-order chi connectivity index (χ0) is 26.2. The molecule has 4 rings (SSSR count). The van der Waals surface area contributed by atoms with Crippen molar-refractivity contribution in [2.24, 2.45) is 5.10 Å². The molecule has 1 aliphatic heterocycles. The highest BCUT2D eigenvalue weighted by molar-refractivity contribution is 6.31. The van der Waals surface area contributed by atoms with Crippen LogP contribution in [0.1, 0.15) is 11.1 Å². The molecule has 2 aromatic carbocycles. The van der Waals surface area contributed by atoms with Crippen molar-refractivity contribution >= 4 is 47.3 Å². The number of aromatic nitrogens is 3. The third kappa shape index (κ3) is 7.18. The molecule has 0 spiro atoms. The fraction of sp³-hybridized carbons (Fsp3) is 0.292. The van der Waals surface area contributed by atoms with Crippen LogP contribution < -0.4 is 25.1 Å². The highest BCUT2D eigenvalue weighted by Crippen LogP contribution is 2.28. The Balaban J connectivity index is 1.53. The van der Waals surface area contributed by atoms with E-state index in [0.29, 0.717) is 60.3 Å². The van der Waals surface area contributed by atoms with Gasteiger partial charge in [0, 0.05) is 23.8 Å². The molecule has 3 aromatic rings. The molecule has 37 heavy (non-hydrogen) atoms. The Labute approximate surface area is 218 Å². The van der Waals surface area contributed by atoms with E-state index in [9.17, 15) is 4.79 Å². The second-order valence-corrected chi connectivity index (χ2v) is 8.34. The Morgan fingerprint density at radius 3 is 2.68 bits per heavy atom. The average molecular weight is 528 g/mol. The third-order valence-electron chi connectivity index (χ3n) is 5.26. The SMILES string of the molecule is COc1cc(/C=N/Nc2nc(Nc3ccc(C)c(Cl)c3)nc(N3CCOCC3)n2)ccc1OCC(=O)O. The summed E-state index contributed by atoms with van der Waals surface area (Å²) < 4.78 is 16.0. The van der Waals surface area contributed by atoms with Gasteiger partial charge >= 0.3 is 5.97 Å². The fourth-order valence-electron chi connectivity index (χ4n) is 3.36. The zero-order valence-corrected chi connectivity index (χ0v) is 21.0. The number of carbonyl (C=O) groups is 1.